The van der Waals surface area contributed by atoms with Crippen molar-refractivity contribution in [3.63, 3.8) is 0 Å². The van der Waals surface area contributed by atoms with E-state index in [1.165, 1.54) is 0 Å². The van der Waals surface area contributed by atoms with Crippen molar-refractivity contribution in [3.05, 3.63) is 24.3 Å². The Hall–Kier alpha value is -1.30. The van der Waals surface area contributed by atoms with Gasteiger partial charge in [-0.2, -0.15) is 0 Å². The fourth-order valence-electron chi connectivity index (χ4n) is 2.89. The molecule has 1 aliphatic carbocycles. The Bertz CT molecular complexity index is 591. The molecule has 2 rings (SSSR count). The molecule has 1 aliphatic rings. The van der Waals surface area contributed by atoms with Crippen LogP contribution in [0.3, 0.4) is 0 Å². The third kappa shape index (κ3) is 4.60. The van der Waals surface area contributed by atoms with Crippen LogP contribution in [0.1, 0.15) is 45.4 Å². The van der Waals surface area contributed by atoms with Crippen LogP contribution >= 0.6 is 0 Å². The predicted octanol–water partition coefficient (Wildman–Crippen LogP) is 2.22. The predicted molar refractivity (Wildman–Crippen MR) is 85.1 cm³/mol. The average molecular weight is 324 g/mol. The van der Waals surface area contributed by atoms with E-state index >= 15 is 0 Å². The molecule has 0 atom stereocenters. The van der Waals surface area contributed by atoms with Gasteiger partial charge in [0.15, 0.2) is 9.84 Å². The van der Waals surface area contributed by atoms with Gasteiger partial charge in [-0.15, -0.1) is 0 Å². The summed E-state index contributed by atoms with van der Waals surface area (Å²) in [5, 5.41) is -0.318. The molecule has 5 nitrogen and oxygen atoms in total. The van der Waals surface area contributed by atoms with Gasteiger partial charge in [-0.05, 0) is 51.5 Å². The maximum atomic E-state index is 12.3. The topological polar surface area (TPSA) is 77.0 Å². The van der Waals surface area contributed by atoms with E-state index in [1.54, 1.807) is 32.3 Å². The maximum absolute atomic E-state index is 12.3. The molecule has 0 saturated heterocycles. The van der Waals surface area contributed by atoms with E-state index in [-0.39, 0.29) is 35.0 Å². The first-order valence-electron chi connectivity index (χ1n) is 7.88. The Morgan fingerprint density at radius 3 is 2.32 bits per heavy atom. The number of rotatable bonds is 6. The van der Waals surface area contributed by atoms with E-state index in [0.717, 1.165) is 25.7 Å². The van der Waals surface area contributed by atoms with Gasteiger partial charge in [0.2, 0.25) is 0 Å². The van der Waals surface area contributed by atoms with E-state index in [1.807, 2.05) is 0 Å². The molecule has 1 saturated carbocycles. The van der Waals surface area contributed by atoms with Crippen LogP contribution in [0.4, 0.5) is 0 Å². The molecule has 1 aromatic heterocycles. The quantitative estimate of drug-likeness (QED) is 0.802. The maximum Gasteiger partial charge on any atom is 0.152 e. The van der Waals surface area contributed by atoms with Gasteiger partial charge in [0.25, 0.3) is 0 Å². The van der Waals surface area contributed by atoms with Crippen molar-refractivity contribution < 1.29 is 13.2 Å². The van der Waals surface area contributed by atoms with Crippen molar-refractivity contribution in [2.45, 2.75) is 51.2 Å². The highest BCUT2D eigenvalue weighted by Crippen LogP contribution is 2.31. The Morgan fingerprint density at radius 1 is 1.18 bits per heavy atom. The molecular formula is C16H24N2O3S. The summed E-state index contributed by atoms with van der Waals surface area (Å²) in [6.07, 6.45) is 6.76. The van der Waals surface area contributed by atoms with Crippen LogP contribution in [0.2, 0.25) is 0 Å². The van der Waals surface area contributed by atoms with Crippen LogP contribution < -0.4 is 0 Å². The number of hydrogen-bond acceptors (Lipinski definition) is 5. The highest BCUT2D eigenvalue weighted by atomic mass is 32.2. The van der Waals surface area contributed by atoms with Gasteiger partial charge in [-0.3, -0.25) is 4.79 Å². The highest BCUT2D eigenvalue weighted by molar-refractivity contribution is 7.91. The normalized spacial score (nSPS) is 22.7. The molecule has 0 radical (unpaired) electrons. The average Bonchev–Trinajstić information content (AvgIpc) is 2.48. The van der Waals surface area contributed by atoms with Gasteiger partial charge >= 0.3 is 0 Å². The van der Waals surface area contributed by atoms with Gasteiger partial charge in [0.1, 0.15) is 11.6 Å². The second kappa shape index (κ2) is 7.31. The Balaban J connectivity index is 1.83. The van der Waals surface area contributed by atoms with Crippen LogP contribution in [-0.2, 0) is 21.1 Å². The number of ketones is 1. The summed E-state index contributed by atoms with van der Waals surface area (Å²) in [4.78, 5) is 20.4. The number of Topliss-reactive ketones (excluding diaryl/α,β-unsaturated/α-hetero) is 1. The standard InChI is InChI=1S/C16H24N2O3S/c1-12(2)22(20,21)11-13-4-6-14(7-5-13)15(19)10-16-17-8-3-9-18-16/h3,8-9,12-14H,4-7,10-11H2,1-2H3. The molecule has 1 aromatic rings. The smallest absolute Gasteiger partial charge is 0.152 e. The third-order valence-electron chi connectivity index (χ3n) is 4.44. The van der Waals surface area contributed by atoms with E-state index in [9.17, 15) is 13.2 Å². The SMILES string of the molecule is CC(C)S(=O)(=O)CC1CCC(C(=O)Cc2ncccn2)CC1. The minimum atomic E-state index is -2.99. The van der Waals surface area contributed by atoms with Crippen molar-refractivity contribution in [3.8, 4) is 0 Å². The molecule has 0 spiro atoms. The van der Waals surface area contributed by atoms with Crippen LogP contribution in [0, 0.1) is 11.8 Å². The van der Waals surface area contributed by atoms with Gasteiger partial charge in [0, 0.05) is 18.3 Å². The van der Waals surface area contributed by atoms with Gasteiger partial charge in [0.05, 0.1) is 17.4 Å². The molecule has 0 aliphatic heterocycles. The lowest BCUT2D eigenvalue weighted by Gasteiger charge is -2.27. The lowest BCUT2D eigenvalue weighted by Crippen LogP contribution is -2.29. The molecule has 1 fully saturated rings. The van der Waals surface area contributed by atoms with Crippen LogP contribution in [-0.4, -0.2) is 35.2 Å². The molecule has 0 aromatic carbocycles. The van der Waals surface area contributed by atoms with Crippen molar-refractivity contribution in [2.24, 2.45) is 11.8 Å². The molecule has 6 heteroatoms. The Morgan fingerprint density at radius 2 is 1.77 bits per heavy atom. The monoisotopic (exact) mass is 324 g/mol. The molecule has 0 unspecified atom stereocenters. The fraction of sp³-hybridized carbons (Fsp3) is 0.688. The minimum Gasteiger partial charge on any atom is -0.299 e. The van der Waals surface area contributed by atoms with E-state index < -0.39 is 9.84 Å². The second-order valence-electron chi connectivity index (χ2n) is 6.40. The third-order valence-corrected chi connectivity index (χ3v) is 6.81. The van der Waals surface area contributed by atoms with Crippen molar-refractivity contribution in [2.75, 3.05) is 5.75 Å². The highest BCUT2D eigenvalue weighted by Gasteiger charge is 2.30. The molecule has 22 heavy (non-hydrogen) atoms. The number of carbonyl (C=O) groups excluding carboxylic acids is 1. The number of hydrogen-bond donors (Lipinski definition) is 0. The van der Waals surface area contributed by atoms with Crippen LogP contribution in [0.25, 0.3) is 0 Å². The Labute approximate surface area is 132 Å². The summed E-state index contributed by atoms with van der Waals surface area (Å²) in [6, 6.07) is 1.73. The molecular weight excluding hydrogens is 300 g/mol. The summed E-state index contributed by atoms with van der Waals surface area (Å²) in [5.74, 6) is 1.23. The van der Waals surface area contributed by atoms with Crippen molar-refractivity contribution >= 4 is 15.6 Å². The fourth-order valence-corrected chi connectivity index (χ4v) is 4.27. The zero-order valence-electron chi connectivity index (χ0n) is 13.2. The van der Waals surface area contributed by atoms with Gasteiger partial charge in [-0.1, -0.05) is 0 Å². The van der Waals surface area contributed by atoms with E-state index in [4.69, 9.17) is 0 Å². The summed E-state index contributed by atoms with van der Waals surface area (Å²) in [6.45, 7) is 3.45. The number of aromatic nitrogens is 2. The zero-order valence-corrected chi connectivity index (χ0v) is 14.1. The minimum absolute atomic E-state index is 0.0295. The summed E-state index contributed by atoms with van der Waals surface area (Å²) in [5.41, 5.74) is 0. The summed E-state index contributed by atoms with van der Waals surface area (Å²) < 4.78 is 23.9. The lowest BCUT2D eigenvalue weighted by atomic mass is 9.80. The first-order chi connectivity index (χ1) is 10.4. The second-order valence-corrected chi connectivity index (χ2v) is 9.01. The van der Waals surface area contributed by atoms with E-state index in [2.05, 4.69) is 9.97 Å². The number of sulfone groups is 1. The molecule has 0 N–H and O–H groups in total. The lowest BCUT2D eigenvalue weighted by molar-refractivity contribution is -0.123. The summed E-state index contributed by atoms with van der Waals surface area (Å²) in [7, 11) is -2.99. The molecule has 1 heterocycles. The summed E-state index contributed by atoms with van der Waals surface area (Å²) >= 11 is 0. The molecule has 0 bridgehead atoms. The largest absolute Gasteiger partial charge is 0.299 e. The van der Waals surface area contributed by atoms with Crippen LogP contribution in [0.15, 0.2) is 18.5 Å². The van der Waals surface area contributed by atoms with Gasteiger partial charge < -0.3 is 0 Å². The number of nitrogens with zero attached hydrogens (tertiary/aromatic N) is 2. The Kier molecular flexibility index (Phi) is 5.67. The zero-order chi connectivity index (χ0) is 16.2. The van der Waals surface area contributed by atoms with Crippen molar-refractivity contribution in [1.29, 1.82) is 0 Å². The van der Waals surface area contributed by atoms with Gasteiger partial charge in [-0.25, -0.2) is 18.4 Å². The van der Waals surface area contributed by atoms with E-state index in [0.29, 0.717) is 5.82 Å². The first kappa shape index (κ1) is 17.1. The van der Waals surface area contributed by atoms with Crippen molar-refractivity contribution in [1.82, 2.24) is 9.97 Å². The number of carbonyl (C=O) groups is 1. The first-order valence-corrected chi connectivity index (χ1v) is 9.60. The van der Waals surface area contributed by atoms with Crippen LogP contribution in [0.5, 0.6) is 0 Å². The molecule has 122 valence electrons. The molecule has 0 amide bonds.